The number of rotatable bonds is 6. The van der Waals surface area contributed by atoms with Crippen LogP contribution in [0.15, 0.2) is 5.18 Å². The van der Waals surface area contributed by atoms with Crippen LogP contribution in [0, 0.1) is 4.91 Å². The number of carbonyl (C=O) groups excluding carboxylic acids is 3. The molecular formula is C15H24N4O4S2. The number of thioether (sulfide) groups is 2. The Hall–Kier alpha value is -1.13. The summed E-state index contributed by atoms with van der Waals surface area (Å²) in [5.41, 5.74) is 5.50. The second-order valence-corrected chi connectivity index (χ2v) is 9.40. The van der Waals surface area contributed by atoms with Crippen LogP contribution >= 0.6 is 23.5 Å². The Morgan fingerprint density at radius 1 is 1.36 bits per heavy atom. The first kappa shape index (κ1) is 20.2. The number of amides is 3. The molecule has 2 rings (SSSR count). The molecule has 140 valence electrons. The van der Waals surface area contributed by atoms with Gasteiger partial charge >= 0.3 is 5.91 Å². The fraction of sp³-hybridized carbons (Fsp3) is 0.800. The van der Waals surface area contributed by atoms with E-state index in [4.69, 9.17) is 5.73 Å². The number of likely N-dealkylation sites (tertiary alicyclic amines) is 1. The van der Waals surface area contributed by atoms with Crippen LogP contribution in [0.5, 0.6) is 0 Å². The van der Waals surface area contributed by atoms with Crippen LogP contribution in [0.3, 0.4) is 0 Å². The third-order valence-corrected chi connectivity index (χ3v) is 7.73. The number of hydrogen-bond acceptors (Lipinski definition) is 7. The molecule has 1 spiro atoms. The quantitative estimate of drug-likeness (QED) is 0.642. The van der Waals surface area contributed by atoms with E-state index in [9.17, 15) is 19.3 Å². The van der Waals surface area contributed by atoms with E-state index in [0.717, 1.165) is 17.9 Å². The summed E-state index contributed by atoms with van der Waals surface area (Å²) < 4.78 is -0.196. The van der Waals surface area contributed by atoms with E-state index in [-0.39, 0.29) is 16.5 Å². The van der Waals surface area contributed by atoms with Crippen molar-refractivity contribution in [3.63, 3.8) is 0 Å². The van der Waals surface area contributed by atoms with E-state index in [2.05, 4.69) is 10.5 Å². The van der Waals surface area contributed by atoms with Crippen molar-refractivity contribution < 1.29 is 14.4 Å². The summed E-state index contributed by atoms with van der Waals surface area (Å²) in [6, 6.07) is -1.61. The van der Waals surface area contributed by atoms with Gasteiger partial charge in [-0.05, 0) is 24.3 Å². The first-order valence-electron chi connectivity index (χ1n) is 8.41. The maximum atomic E-state index is 12.7. The van der Waals surface area contributed by atoms with Crippen molar-refractivity contribution in [2.24, 2.45) is 10.9 Å². The van der Waals surface area contributed by atoms with Gasteiger partial charge in [-0.1, -0.05) is 13.3 Å². The van der Waals surface area contributed by atoms with E-state index in [1.54, 1.807) is 23.5 Å². The van der Waals surface area contributed by atoms with Crippen LogP contribution in [-0.2, 0) is 14.4 Å². The van der Waals surface area contributed by atoms with Crippen LogP contribution in [-0.4, -0.2) is 63.4 Å². The van der Waals surface area contributed by atoms with Crippen molar-refractivity contribution in [1.82, 2.24) is 10.2 Å². The summed E-state index contributed by atoms with van der Waals surface area (Å²) in [5, 5.41) is 5.03. The van der Waals surface area contributed by atoms with Gasteiger partial charge in [0.05, 0.1) is 10.6 Å². The minimum absolute atomic E-state index is 0.164. The Kier molecular flexibility index (Phi) is 7.26. The zero-order chi connectivity index (χ0) is 18.4. The zero-order valence-electron chi connectivity index (χ0n) is 14.2. The molecule has 2 aliphatic rings. The molecule has 2 heterocycles. The largest absolute Gasteiger partial charge is 0.342 e. The van der Waals surface area contributed by atoms with E-state index in [1.165, 1.54) is 4.90 Å². The highest BCUT2D eigenvalue weighted by Gasteiger charge is 2.50. The number of nitrogens with two attached hydrogens (primary N) is 1. The second-order valence-electron chi connectivity index (χ2n) is 6.19. The highest BCUT2D eigenvalue weighted by molar-refractivity contribution is 8.18. The molecule has 2 fully saturated rings. The molecule has 0 radical (unpaired) electrons. The lowest BCUT2D eigenvalue weighted by atomic mass is 10.1. The maximum Gasteiger partial charge on any atom is 0.308 e. The molecule has 1 unspecified atom stereocenters. The van der Waals surface area contributed by atoms with Gasteiger partial charge in [-0.2, -0.15) is 0 Å². The third kappa shape index (κ3) is 4.73. The van der Waals surface area contributed by atoms with Crippen molar-refractivity contribution in [1.29, 1.82) is 0 Å². The lowest BCUT2D eigenvalue weighted by Crippen LogP contribution is -2.51. The van der Waals surface area contributed by atoms with Gasteiger partial charge in [-0.15, -0.1) is 28.4 Å². The van der Waals surface area contributed by atoms with Gasteiger partial charge in [0.15, 0.2) is 0 Å². The van der Waals surface area contributed by atoms with Gasteiger partial charge in [0, 0.05) is 18.1 Å². The summed E-state index contributed by atoms with van der Waals surface area (Å²) in [6.07, 6.45) is 2.58. The molecule has 0 aromatic heterocycles. The Labute approximate surface area is 155 Å². The summed E-state index contributed by atoms with van der Waals surface area (Å²) in [7, 11) is 0. The first-order chi connectivity index (χ1) is 12.0. The van der Waals surface area contributed by atoms with E-state index < -0.39 is 23.9 Å². The van der Waals surface area contributed by atoms with E-state index >= 15 is 0 Å². The van der Waals surface area contributed by atoms with Gasteiger partial charge in [-0.3, -0.25) is 14.4 Å². The Bertz CT molecular complexity index is 540. The van der Waals surface area contributed by atoms with Gasteiger partial charge < -0.3 is 16.0 Å². The third-order valence-electron chi connectivity index (χ3n) is 4.39. The summed E-state index contributed by atoms with van der Waals surface area (Å²) in [5.74, 6) is 0.410. The van der Waals surface area contributed by atoms with Gasteiger partial charge in [-0.25, -0.2) is 0 Å². The van der Waals surface area contributed by atoms with Gasteiger partial charge in [0.1, 0.15) is 12.1 Å². The average molecular weight is 389 g/mol. The second kappa shape index (κ2) is 9.00. The fourth-order valence-electron chi connectivity index (χ4n) is 3.16. The first-order valence-corrected chi connectivity index (χ1v) is 10.4. The lowest BCUT2D eigenvalue weighted by molar-refractivity contribution is -0.138. The van der Waals surface area contributed by atoms with E-state index in [0.29, 0.717) is 25.8 Å². The molecule has 8 nitrogen and oxygen atoms in total. The lowest BCUT2D eigenvalue weighted by Gasteiger charge is -2.31. The number of carbonyl (C=O) groups is 3. The minimum Gasteiger partial charge on any atom is -0.342 e. The van der Waals surface area contributed by atoms with Crippen LogP contribution < -0.4 is 11.1 Å². The summed E-state index contributed by atoms with van der Waals surface area (Å²) >= 11 is 3.56. The van der Waals surface area contributed by atoms with Crippen molar-refractivity contribution in [3.05, 3.63) is 4.91 Å². The maximum absolute atomic E-state index is 12.7. The number of nitrogens with zero attached hydrogens (tertiary/aromatic N) is 2. The normalized spacial score (nSPS) is 23.3. The predicted molar refractivity (Wildman–Crippen MR) is 99.1 cm³/mol. The molecule has 0 aliphatic carbocycles. The number of hydrogen-bond donors (Lipinski definition) is 2. The van der Waals surface area contributed by atoms with Gasteiger partial charge in [0.25, 0.3) is 0 Å². The average Bonchev–Trinajstić information content (AvgIpc) is 2.99. The predicted octanol–water partition coefficient (Wildman–Crippen LogP) is 0.690. The van der Waals surface area contributed by atoms with Crippen molar-refractivity contribution in [2.75, 3.05) is 24.6 Å². The van der Waals surface area contributed by atoms with Crippen LogP contribution in [0.4, 0.5) is 0 Å². The van der Waals surface area contributed by atoms with Crippen molar-refractivity contribution in [2.45, 2.75) is 48.8 Å². The topological polar surface area (TPSA) is 122 Å². The van der Waals surface area contributed by atoms with Crippen molar-refractivity contribution in [3.8, 4) is 0 Å². The fourth-order valence-corrected chi connectivity index (χ4v) is 6.51. The number of nitrogens with one attached hydrogen (secondary N) is 1. The highest BCUT2D eigenvalue weighted by Crippen LogP contribution is 2.50. The van der Waals surface area contributed by atoms with Crippen LogP contribution in [0.2, 0.25) is 0 Å². The monoisotopic (exact) mass is 388 g/mol. The molecule has 2 saturated heterocycles. The molecule has 0 aromatic rings. The zero-order valence-corrected chi connectivity index (χ0v) is 15.9. The molecule has 0 saturated carbocycles. The molecule has 3 amide bonds. The Morgan fingerprint density at radius 3 is 2.60 bits per heavy atom. The molecule has 25 heavy (non-hydrogen) atoms. The Balaban J connectivity index is 2.14. The van der Waals surface area contributed by atoms with E-state index in [1.807, 2.05) is 6.92 Å². The summed E-state index contributed by atoms with van der Waals surface area (Å²) in [6.45, 7) is 2.15. The van der Waals surface area contributed by atoms with Crippen LogP contribution in [0.25, 0.3) is 0 Å². The Morgan fingerprint density at radius 2 is 2.04 bits per heavy atom. The molecule has 10 heteroatoms. The summed E-state index contributed by atoms with van der Waals surface area (Å²) in [4.78, 5) is 48.6. The molecule has 2 atom stereocenters. The van der Waals surface area contributed by atoms with Crippen molar-refractivity contribution >= 4 is 41.2 Å². The molecule has 0 aromatic carbocycles. The molecule has 0 bridgehead atoms. The van der Waals surface area contributed by atoms with Gasteiger partial charge in [0.2, 0.25) is 11.8 Å². The number of nitroso groups, excluding NO2 is 1. The molecular weight excluding hydrogens is 364 g/mol. The molecule has 2 aliphatic heterocycles. The standard InChI is InChI=1S/C15H24N4O4S2/c1-2-4-10(13(21)18-23)17-14(22)11-7-15(24-5-3-6-25-15)9-19(11)12(20)8-16/h10-11H,2-9,16H2,1H3,(H,17,22)/t10?,11-/m0/s1. The SMILES string of the molecule is CCCC(NC(=O)[C@@H]1CC2(CN1C(=O)CN)SCCCS2)C(=O)N=O. The molecule has 3 N–H and O–H groups in total. The van der Waals surface area contributed by atoms with Crippen LogP contribution in [0.1, 0.15) is 32.6 Å². The highest BCUT2D eigenvalue weighted by atomic mass is 32.2. The smallest absolute Gasteiger partial charge is 0.308 e. The minimum atomic E-state index is -0.937.